The summed E-state index contributed by atoms with van der Waals surface area (Å²) >= 11 is 5.79. The van der Waals surface area contributed by atoms with Crippen LogP contribution in [0.4, 0.5) is 5.82 Å². The summed E-state index contributed by atoms with van der Waals surface area (Å²) in [5, 5.41) is 9.22. The number of aryl methyl sites for hydroxylation is 1. The number of anilines is 1. The van der Waals surface area contributed by atoms with Crippen molar-refractivity contribution < 1.29 is 8.42 Å². The fraction of sp³-hybridized carbons (Fsp3) is 0.0769. The molecule has 0 saturated carbocycles. The number of benzene rings is 1. The Labute approximate surface area is 121 Å². The zero-order valence-corrected chi connectivity index (χ0v) is 12.0. The minimum absolute atomic E-state index is 0.0227. The van der Waals surface area contributed by atoms with E-state index in [0.717, 1.165) is 5.56 Å². The average molecular weight is 308 g/mol. The van der Waals surface area contributed by atoms with Gasteiger partial charge in [0.05, 0.1) is 5.56 Å². The average Bonchev–Trinajstić information content (AvgIpc) is 2.38. The van der Waals surface area contributed by atoms with Gasteiger partial charge in [-0.25, -0.2) is 13.4 Å². The Morgan fingerprint density at radius 1 is 1.30 bits per heavy atom. The topological polar surface area (TPSA) is 82.8 Å². The third kappa shape index (κ3) is 3.07. The molecular weight excluding hydrogens is 298 g/mol. The van der Waals surface area contributed by atoms with Gasteiger partial charge in [0.2, 0.25) is 0 Å². The molecule has 1 aromatic heterocycles. The highest BCUT2D eigenvalue weighted by Gasteiger charge is 2.19. The quantitative estimate of drug-likeness (QED) is 0.945. The van der Waals surface area contributed by atoms with E-state index in [2.05, 4.69) is 9.71 Å². The summed E-state index contributed by atoms with van der Waals surface area (Å²) in [6.45, 7) is 1.82. The highest BCUT2D eigenvalue weighted by Crippen LogP contribution is 2.22. The molecular formula is C13H10ClN3O2S. The van der Waals surface area contributed by atoms with Crippen LogP contribution in [0, 0.1) is 18.3 Å². The number of nitriles is 1. The lowest BCUT2D eigenvalue weighted by atomic mass is 10.2. The molecule has 0 saturated heterocycles. The van der Waals surface area contributed by atoms with E-state index in [0.29, 0.717) is 0 Å². The molecule has 0 atom stereocenters. The molecule has 0 amide bonds. The molecule has 0 aliphatic heterocycles. The van der Waals surface area contributed by atoms with Gasteiger partial charge in [-0.3, -0.25) is 4.72 Å². The van der Waals surface area contributed by atoms with Crippen molar-refractivity contribution in [3.63, 3.8) is 0 Å². The van der Waals surface area contributed by atoms with Crippen molar-refractivity contribution in [1.29, 1.82) is 5.26 Å². The van der Waals surface area contributed by atoms with Gasteiger partial charge in [-0.05, 0) is 42.8 Å². The maximum Gasteiger partial charge on any atom is 0.264 e. The standard InChI is InChI=1S/C13H10ClN3O2S/c1-9-4-5-16-13(6-9)17-20(18,19)12-7-11(14)3-2-10(12)8-15/h2-7H,1H3,(H,16,17). The lowest BCUT2D eigenvalue weighted by Crippen LogP contribution is -2.15. The SMILES string of the molecule is Cc1ccnc(NS(=O)(=O)c2cc(Cl)ccc2C#N)c1. The van der Waals surface area contributed by atoms with Crippen molar-refractivity contribution in [2.24, 2.45) is 0 Å². The highest BCUT2D eigenvalue weighted by atomic mass is 35.5. The first kappa shape index (κ1) is 14.3. The predicted octanol–water partition coefficient (Wildman–Crippen LogP) is 2.72. The van der Waals surface area contributed by atoms with Crippen molar-refractivity contribution in [1.82, 2.24) is 4.98 Å². The number of nitrogens with one attached hydrogen (secondary N) is 1. The van der Waals surface area contributed by atoms with Gasteiger partial charge in [0.15, 0.2) is 0 Å². The fourth-order valence-corrected chi connectivity index (χ4v) is 3.01. The minimum atomic E-state index is -3.91. The van der Waals surface area contributed by atoms with E-state index in [1.54, 1.807) is 12.1 Å². The normalized spacial score (nSPS) is 10.8. The molecule has 0 bridgehead atoms. The Morgan fingerprint density at radius 3 is 2.70 bits per heavy atom. The Kier molecular flexibility index (Phi) is 3.93. The molecule has 1 N–H and O–H groups in total. The maximum atomic E-state index is 12.3. The smallest absolute Gasteiger partial charge is 0.263 e. The third-order valence-electron chi connectivity index (χ3n) is 2.51. The van der Waals surface area contributed by atoms with Crippen LogP contribution in [0.2, 0.25) is 5.02 Å². The van der Waals surface area contributed by atoms with Crippen LogP contribution in [0.1, 0.15) is 11.1 Å². The molecule has 0 spiro atoms. The zero-order valence-electron chi connectivity index (χ0n) is 10.5. The van der Waals surface area contributed by atoms with Crippen LogP contribution in [-0.4, -0.2) is 13.4 Å². The number of rotatable bonds is 3. The molecule has 20 heavy (non-hydrogen) atoms. The lowest BCUT2D eigenvalue weighted by Gasteiger charge is -2.09. The van der Waals surface area contributed by atoms with Crippen molar-refractivity contribution >= 4 is 27.4 Å². The van der Waals surface area contributed by atoms with E-state index in [-0.39, 0.29) is 21.3 Å². The summed E-state index contributed by atoms with van der Waals surface area (Å²) in [4.78, 5) is 3.75. The highest BCUT2D eigenvalue weighted by molar-refractivity contribution is 7.92. The maximum absolute atomic E-state index is 12.3. The van der Waals surface area contributed by atoms with Crippen LogP contribution in [0.15, 0.2) is 41.4 Å². The first-order valence-electron chi connectivity index (χ1n) is 5.57. The third-order valence-corrected chi connectivity index (χ3v) is 4.14. The Hall–Kier alpha value is -2.10. The molecule has 7 heteroatoms. The summed E-state index contributed by atoms with van der Waals surface area (Å²) < 4.78 is 26.9. The van der Waals surface area contributed by atoms with Gasteiger partial charge in [-0.15, -0.1) is 0 Å². The Morgan fingerprint density at radius 2 is 2.05 bits per heavy atom. The fourth-order valence-electron chi connectivity index (χ4n) is 1.60. The largest absolute Gasteiger partial charge is 0.264 e. The number of halogens is 1. The molecule has 0 fully saturated rings. The van der Waals surface area contributed by atoms with Crippen LogP contribution in [0.25, 0.3) is 0 Å². The molecule has 1 heterocycles. The van der Waals surface area contributed by atoms with Crippen LogP contribution in [0.5, 0.6) is 0 Å². The second kappa shape index (κ2) is 5.49. The summed E-state index contributed by atoms with van der Waals surface area (Å²) in [6.07, 6.45) is 1.50. The van der Waals surface area contributed by atoms with Crippen molar-refractivity contribution in [3.05, 3.63) is 52.7 Å². The number of hydrogen-bond acceptors (Lipinski definition) is 4. The monoisotopic (exact) mass is 307 g/mol. The first-order chi connectivity index (χ1) is 9.42. The van der Waals surface area contributed by atoms with Crippen molar-refractivity contribution in [3.8, 4) is 6.07 Å². The van der Waals surface area contributed by atoms with E-state index >= 15 is 0 Å². The van der Waals surface area contributed by atoms with Crippen LogP contribution >= 0.6 is 11.6 Å². The van der Waals surface area contributed by atoms with Crippen molar-refractivity contribution in [2.75, 3.05) is 4.72 Å². The number of hydrogen-bond donors (Lipinski definition) is 1. The summed E-state index contributed by atoms with van der Waals surface area (Å²) in [5.41, 5.74) is 0.888. The van der Waals surface area contributed by atoms with Gasteiger partial charge in [-0.1, -0.05) is 11.6 Å². The minimum Gasteiger partial charge on any atom is -0.263 e. The Bertz CT molecular complexity index is 798. The molecule has 0 unspecified atom stereocenters. The predicted molar refractivity (Wildman–Crippen MR) is 75.9 cm³/mol. The Balaban J connectivity index is 2.46. The molecule has 0 aliphatic rings. The molecule has 0 radical (unpaired) electrons. The summed E-state index contributed by atoms with van der Waals surface area (Å²) in [7, 11) is -3.91. The van der Waals surface area contributed by atoms with Crippen LogP contribution in [-0.2, 0) is 10.0 Å². The number of aromatic nitrogens is 1. The van der Waals surface area contributed by atoms with E-state index < -0.39 is 10.0 Å². The second-order valence-electron chi connectivity index (χ2n) is 4.08. The van der Waals surface area contributed by atoms with Crippen LogP contribution < -0.4 is 4.72 Å². The lowest BCUT2D eigenvalue weighted by molar-refractivity contribution is 0.601. The van der Waals surface area contributed by atoms with Gasteiger partial charge in [0.1, 0.15) is 16.8 Å². The molecule has 102 valence electrons. The van der Waals surface area contributed by atoms with Crippen LogP contribution in [0.3, 0.4) is 0 Å². The summed E-state index contributed by atoms with van der Waals surface area (Å²) in [6, 6.07) is 9.23. The van der Waals surface area contributed by atoms with E-state index in [1.165, 1.54) is 24.4 Å². The van der Waals surface area contributed by atoms with Crippen molar-refractivity contribution in [2.45, 2.75) is 11.8 Å². The molecule has 5 nitrogen and oxygen atoms in total. The number of sulfonamides is 1. The first-order valence-corrected chi connectivity index (χ1v) is 7.43. The van der Waals surface area contributed by atoms with Gasteiger partial charge in [0, 0.05) is 11.2 Å². The molecule has 2 aromatic rings. The number of nitrogens with zero attached hydrogens (tertiary/aromatic N) is 2. The van der Waals surface area contributed by atoms with Gasteiger partial charge in [0.25, 0.3) is 10.0 Å². The molecule has 1 aromatic carbocycles. The zero-order chi connectivity index (χ0) is 14.8. The van der Waals surface area contributed by atoms with E-state index in [9.17, 15) is 8.42 Å². The van der Waals surface area contributed by atoms with Gasteiger partial charge < -0.3 is 0 Å². The van der Waals surface area contributed by atoms with Gasteiger partial charge >= 0.3 is 0 Å². The second-order valence-corrected chi connectivity index (χ2v) is 6.16. The summed E-state index contributed by atoms with van der Waals surface area (Å²) in [5.74, 6) is 0.189. The molecule has 0 aliphatic carbocycles. The van der Waals surface area contributed by atoms with E-state index in [1.807, 2.05) is 13.0 Å². The molecule has 2 rings (SSSR count). The van der Waals surface area contributed by atoms with E-state index in [4.69, 9.17) is 16.9 Å². The number of pyridine rings is 1. The van der Waals surface area contributed by atoms with Gasteiger partial charge in [-0.2, -0.15) is 5.26 Å².